The summed E-state index contributed by atoms with van der Waals surface area (Å²) in [6.07, 6.45) is 1.85. The minimum absolute atomic E-state index is 0.170. The van der Waals surface area contributed by atoms with Gasteiger partial charge in [0.2, 0.25) is 0 Å². The molecule has 1 saturated carbocycles. The maximum absolute atomic E-state index is 11.0. The largest absolute Gasteiger partial charge is 0.446 e. The predicted octanol–water partition coefficient (Wildman–Crippen LogP) is 2.46. The lowest BCUT2D eigenvalue weighted by atomic mass is 10.5. The molecule has 1 fully saturated rings. The molecule has 1 aliphatic rings. The lowest BCUT2D eigenvalue weighted by Gasteiger charge is -2.02. The second-order valence-electron chi connectivity index (χ2n) is 2.74. The van der Waals surface area contributed by atoms with Gasteiger partial charge in [0.25, 0.3) is 0 Å². The first kappa shape index (κ1) is 7.61. The number of carbonyl (C=O) groups excluding carboxylic acids is 1. The Kier molecular flexibility index (Phi) is 1.99. The van der Waals surface area contributed by atoms with Crippen LogP contribution < -0.4 is 5.32 Å². The highest BCUT2D eigenvalue weighted by Crippen LogP contribution is 2.24. The molecule has 1 aromatic heterocycles. The van der Waals surface area contributed by atoms with Gasteiger partial charge in [0.05, 0.1) is 5.69 Å². The van der Waals surface area contributed by atoms with Crippen LogP contribution in [0.4, 0.5) is 10.5 Å². The summed E-state index contributed by atoms with van der Waals surface area (Å²) in [5.74, 6) is 0. The van der Waals surface area contributed by atoms with E-state index in [1.807, 2.05) is 16.8 Å². The molecule has 0 aliphatic heterocycles. The number of nitrogens with one attached hydrogen (secondary N) is 1. The van der Waals surface area contributed by atoms with Crippen LogP contribution in [0.3, 0.4) is 0 Å². The first-order valence-electron chi connectivity index (χ1n) is 3.84. The van der Waals surface area contributed by atoms with Crippen LogP contribution in [0.15, 0.2) is 16.8 Å². The molecule has 0 atom stereocenters. The molecule has 12 heavy (non-hydrogen) atoms. The third-order valence-corrected chi connectivity index (χ3v) is 2.25. The molecule has 2 rings (SSSR count). The Labute approximate surface area is 74.4 Å². The van der Waals surface area contributed by atoms with Crippen molar-refractivity contribution < 1.29 is 9.53 Å². The molecule has 0 bridgehead atoms. The summed E-state index contributed by atoms with van der Waals surface area (Å²) < 4.78 is 4.99. The molecule has 1 N–H and O–H groups in total. The first-order valence-corrected chi connectivity index (χ1v) is 4.79. The van der Waals surface area contributed by atoms with E-state index in [9.17, 15) is 4.79 Å². The minimum atomic E-state index is -0.337. The van der Waals surface area contributed by atoms with E-state index in [0.717, 1.165) is 18.5 Å². The Morgan fingerprint density at radius 1 is 1.67 bits per heavy atom. The number of anilines is 1. The van der Waals surface area contributed by atoms with E-state index in [1.54, 1.807) is 11.3 Å². The molecule has 1 heterocycles. The van der Waals surface area contributed by atoms with E-state index >= 15 is 0 Å². The van der Waals surface area contributed by atoms with Crippen molar-refractivity contribution in [2.75, 3.05) is 5.32 Å². The molecule has 0 radical (unpaired) electrons. The van der Waals surface area contributed by atoms with Gasteiger partial charge in [-0.1, -0.05) is 0 Å². The van der Waals surface area contributed by atoms with Crippen molar-refractivity contribution in [3.63, 3.8) is 0 Å². The third-order valence-electron chi connectivity index (χ3n) is 1.57. The molecule has 0 unspecified atom stereocenters. The van der Waals surface area contributed by atoms with Gasteiger partial charge in [-0.05, 0) is 24.3 Å². The molecular formula is C8H9NO2S. The smallest absolute Gasteiger partial charge is 0.411 e. The van der Waals surface area contributed by atoms with Gasteiger partial charge in [0, 0.05) is 5.38 Å². The van der Waals surface area contributed by atoms with Crippen molar-refractivity contribution in [2.45, 2.75) is 18.9 Å². The fourth-order valence-corrected chi connectivity index (χ4v) is 1.41. The van der Waals surface area contributed by atoms with Gasteiger partial charge in [-0.3, -0.25) is 5.32 Å². The third kappa shape index (κ3) is 1.98. The lowest BCUT2D eigenvalue weighted by Crippen LogP contribution is -2.13. The van der Waals surface area contributed by atoms with Crippen LogP contribution in [0.2, 0.25) is 0 Å². The quantitative estimate of drug-likeness (QED) is 0.764. The molecule has 1 aliphatic carbocycles. The summed E-state index contributed by atoms with van der Waals surface area (Å²) in [6.45, 7) is 0. The van der Waals surface area contributed by atoms with E-state index in [-0.39, 0.29) is 12.2 Å². The number of thiophene rings is 1. The van der Waals surface area contributed by atoms with E-state index in [4.69, 9.17) is 4.74 Å². The van der Waals surface area contributed by atoms with Gasteiger partial charge < -0.3 is 4.74 Å². The molecule has 0 aromatic carbocycles. The summed E-state index contributed by atoms with van der Waals surface area (Å²) >= 11 is 1.55. The highest BCUT2D eigenvalue weighted by molar-refractivity contribution is 7.08. The number of carbonyl (C=O) groups is 1. The van der Waals surface area contributed by atoms with Crippen molar-refractivity contribution in [3.8, 4) is 0 Å². The van der Waals surface area contributed by atoms with Crippen LogP contribution in [0.25, 0.3) is 0 Å². The number of hydrogen-bond donors (Lipinski definition) is 1. The van der Waals surface area contributed by atoms with E-state index in [1.165, 1.54) is 0 Å². The molecule has 3 nitrogen and oxygen atoms in total. The van der Waals surface area contributed by atoms with Gasteiger partial charge in [0.1, 0.15) is 6.10 Å². The average molecular weight is 183 g/mol. The highest BCUT2D eigenvalue weighted by Gasteiger charge is 2.25. The highest BCUT2D eigenvalue weighted by atomic mass is 32.1. The molecule has 1 aromatic rings. The van der Waals surface area contributed by atoms with Gasteiger partial charge >= 0.3 is 6.09 Å². The van der Waals surface area contributed by atoms with Crippen LogP contribution in [0, 0.1) is 0 Å². The SMILES string of the molecule is O=C(Nc1ccsc1)OC1CC1. The summed E-state index contributed by atoms with van der Waals surface area (Å²) in [5.41, 5.74) is 0.811. The zero-order chi connectivity index (χ0) is 8.39. The van der Waals surface area contributed by atoms with Crippen molar-refractivity contribution in [1.82, 2.24) is 0 Å². The van der Waals surface area contributed by atoms with E-state index in [2.05, 4.69) is 5.32 Å². The maximum Gasteiger partial charge on any atom is 0.411 e. The zero-order valence-electron chi connectivity index (χ0n) is 6.45. The average Bonchev–Trinajstić information content (AvgIpc) is 2.66. The van der Waals surface area contributed by atoms with Gasteiger partial charge in [-0.25, -0.2) is 4.79 Å². The Morgan fingerprint density at radius 2 is 2.50 bits per heavy atom. The van der Waals surface area contributed by atoms with Crippen LogP contribution >= 0.6 is 11.3 Å². The van der Waals surface area contributed by atoms with E-state index < -0.39 is 0 Å². The summed E-state index contributed by atoms with van der Waals surface area (Å²) in [5, 5.41) is 6.42. The fraction of sp³-hybridized carbons (Fsp3) is 0.375. The number of rotatable bonds is 2. The van der Waals surface area contributed by atoms with Gasteiger partial charge in [0.15, 0.2) is 0 Å². The van der Waals surface area contributed by atoms with Crippen LogP contribution in [0.1, 0.15) is 12.8 Å². The van der Waals surface area contributed by atoms with Gasteiger partial charge in [-0.2, -0.15) is 11.3 Å². The van der Waals surface area contributed by atoms with Crippen molar-refractivity contribution in [3.05, 3.63) is 16.8 Å². The Hall–Kier alpha value is -1.03. The second-order valence-corrected chi connectivity index (χ2v) is 3.52. The Morgan fingerprint density at radius 3 is 3.08 bits per heavy atom. The topological polar surface area (TPSA) is 38.3 Å². The first-order chi connectivity index (χ1) is 5.84. The Balaban J connectivity index is 1.82. The standard InChI is InChI=1S/C8H9NO2S/c10-8(11-7-1-2-7)9-6-3-4-12-5-6/h3-5,7H,1-2H2,(H,9,10). The van der Waals surface area contributed by atoms with Crippen LogP contribution in [0.5, 0.6) is 0 Å². The molecule has 1 amide bonds. The molecule has 64 valence electrons. The van der Waals surface area contributed by atoms with Crippen molar-refractivity contribution in [2.24, 2.45) is 0 Å². The maximum atomic E-state index is 11.0. The Bertz CT molecular complexity index is 267. The van der Waals surface area contributed by atoms with Gasteiger partial charge in [-0.15, -0.1) is 0 Å². The monoisotopic (exact) mass is 183 g/mol. The van der Waals surface area contributed by atoms with E-state index in [0.29, 0.717) is 0 Å². The molecule has 4 heteroatoms. The molecule has 0 spiro atoms. The lowest BCUT2D eigenvalue weighted by molar-refractivity contribution is 0.154. The van der Waals surface area contributed by atoms with Crippen LogP contribution in [-0.4, -0.2) is 12.2 Å². The summed E-state index contributed by atoms with van der Waals surface area (Å²) in [6, 6.07) is 1.85. The second kappa shape index (κ2) is 3.15. The van der Waals surface area contributed by atoms with Crippen molar-refractivity contribution >= 4 is 23.1 Å². The predicted molar refractivity (Wildman–Crippen MR) is 47.4 cm³/mol. The van der Waals surface area contributed by atoms with Crippen LogP contribution in [-0.2, 0) is 4.74 Å². The normalized spacial score (nSPS) is 15.7. The number of ether oxygens (including phenoxy) is 1. The minimum Gasteiger partial charge on any atom is -0.446 e. The zero-order valence-corrected chi connectivity index (χ0v) is 7.26. The molecule has 0 saturated heterocycles. The number of hydrogen-bond acceptors (Lipinski definition) is 3. The molecular weight excluding hydrogens is 174 g/mol. The summed E-state index contributed by atoms with van der Waals surface area (Å²) in [4.78, 5) is 11.0. The number of amides is 1. The fourth-order valence-electron chi connectivity index (χ4n) is 0.820. The van der Waals surface area contributed by atoms with Crippen molar-refractivity contribution in [1.29, 1.82) is 0 Å². The summed E-state index contributed by atoms with van der Waals surface area (Å²) in [7, 11) is 0.